The van der Waals surface area contributed by atoms with Crippen LogP contribution in [-0.4, -0.2) is 33.5 Å². The third-order valence-electron chi connectivity index (χ3n) is 4.78. The molecule has 0 unspecified atom stereocenters. The first-order valence-electron chi connectivity index (χ1n) is 8.81. The van der Waals surface area contributed by atoms with Crippen LogP contribution >= 0.6 is 0 Å². The largest absolute Gasteiger partial charge is 0.497 e. The molecule has 0 spiro atoms. The first-order chi connectivity index (χ1) is 13.6. The van der Waals surface area contributed by atoms with E-state index in [1.165, 1.54) is 0 Å². The van der Waals surface area contributed by atoms with Gasteiger partial charge in [-0.05, 0) is 42.0 Å². The zero-order chi connectivity index (χ0) is 20.1. The zero-order valence-corrected chi connectivity index (χ0v) is 16.4. The molecule has 0 atom stereocenters. The zero-order valence-electron chi connectivity index (χ0n) is 16.4. The summed E-state index contributed by atoms with van der Waals surface area (Å²) in [7, 11) is 6.30. The Balaban J connectivity index is 2.40. The predicted molar refractivity (Wildman–Crippen MR) is 108 cm³/mol. The average molecular weight is 380 g/mol. The molecule has 0 saturated heterocycles. The second-order valence-electron chi connectivity index (χ2n) is 6.21. The number of ether oxygens (including phenoxy) is 4. The van der Waals surface area contributed by atoms with Gasteiger partial charge in [-0.25, -0.2) is 0 Å². The molecule has 0 bridgehead atoms. The molecule has 0 aliphatic rings. The van der Waals surface area contributed by atoms with Crippen LogP contribution in [0.5, 0.6) is 23.0 Å². The molecule has 3 rings (SSSR count). The summed E-state index contributed by atoms with van der Waals surface area (Å²) in [6.07, 6.45) is 0. The highest BCUT2D eigenvalue weighted by atomic mass is 16.5. The molecule has 0 aliphatic heterocycles. The van der Waals surface area contributed by atoms with Crippen molar-refractivity contribution >= 4 is 0 Å². The number of benzene rings is 3. The van der Waals surface area contributed by atoms with Gasteiger partial charge in [-0.15, -0.1) is 0 Å². The lowest BCUT2D eigenvalue weighted by Crippen LogP contribution is -2.30. The standard InChI is InChI=1S/C23H24O5/c1-25-17-10-12-21(27-3)19(14-17)23(24,16-8-6-5-7-9-16)20-15-18(26-2)11-13-22(20)28-4/h5-15,24H,1-4H3. The van der Waals surface area contributed by atoms with Crippen molar-refractivity contribution in [3.8, 4) is 23.0 Å². The highest BCUT2D eigenvalue weighted by Gasteiger charge is 2.39. The molecule has 0 aliphatic carbocycles. The number of methoxy groups -OCH3 is 4. The van der Waals surface area contributed by atoms with Crippen molar-refractivity contribution in [2.45, 2.75) is 5.60 Å². The smallest absolute Gasteiger partial charge is 0.147 e. The molecular weight excluding hydrogens is 356 g/mol. The Hall–Kier alpha value is -3.18. The van der Waals surface area contributed by atoms with E-state index in [9.17, 15) is 5.11 Å². The lowest BCUT2D eigenvalue weighted by atomic mass is 9.79. The maximum atomic E-state index is 12.2. The number of rotatable bonds is 7. The van der Waals surface area contributed by atoms with E-state index < -0.39 is 5.60 Å². The molecule has 1 N–H and O–H groups in total. The summed E-state index contributed by atoms with van der Waals surface area (Å²) in [6, 6.07) is 20.0. The molecular formula is C23H24O5. The van der Waals surface area contributed by atoms with Crippen molar-refractivity contribution in [3.05, 3.63) is 83.4 Å². The molecule has 0 heterocycles. The Morgan fingerprint density at radius 2 is 1.07 bits per heavy atom. The minimum atomic E-state index is -1.57. The minimum absolute atomic E-state index is 0.525. The lowest BCUT2D eigenvalue weighted by molar-refractivity contribution is 0.118. The maximum absolute atomic E-state index is 12.2. The number of aliphatic hydroxyl groups is 1. The second kappa shape index (κ2) is 8.23. The fourth-order valence-electron chi connectivity index (χ4n) is 3.33. The van der Waals surface area contributed by atoms with E-state index in [2.05, 4.69) is 0 Å². The van der Waals surface area contributed by atoms with E-state index in [-0.39, 0.29) is 0 Å². The maximum Gasteiger partial charge on any atom is 0.147 e. The van der Waals surface area contributed by atoms with Crippen LogP contribution in [0.3, 0.4) is 0 Å². The van der Waals surface area contributed by atoms with Gasteiger partial charge < -0.3 is 24.1 Å². The molecule has 28 heavy (non-hydrogen) atoms. The third kappa shape index (κ3) is 3.37. The van der Waals surface area contributed by atoms with E-state index in [1.54, 1.807) is 64.8 Å². The van der Waals surface area contributed by atoms with Gasteiger partial charge in [0, 0.05) is 11.1 Å². The average Bonchev–Trinajstić information content (AvgIpc) is 2.78. The lowest BCUT2D eigenvalue weighted by Gasteiger charge is -2.33. The van der Waals surface area contributed by atoms with Crippen LogP contribution in [-0.2, 0) is 5.60 Å². The number of hydrogen-bond donors (Lipinski definition) is 1. The van der Waals surface area contributed by atoms with E-state index in [0.29, 0.717) is 39.7 Å². The van der Waals surface area contributed by atoms with Gasteiger partial charge in [-0.2, -0.15) is 0 Å². The van der Waals surface area contributed by atoms with Crippen molar-refractivity contribution in [2.24, 2.45) is 0 Å². The summed E-state index contributed by atoms with van der Waals surface area (Å²) < 4.78 is 22.0. The van der Waals surface area contributed by atoms with Gasteiger partial charge in [0.2, 0.25) is 0 Å². The molecule has 0 amide bonds. The van der Waals surface area contributed by atoms with Crippen LogP contribution in [0.4, 0.5) is 0 Å². The summed E-state index contributed by atoms with van der Waals surface area (Å²) in [5.74, 6) is 2.26. The molecule has 0 aromatic heterocycles. The third-order valence-corrected chi connectivity index (χ3v) is 4.78. The van der Waals surface area contributed by atoms with Gasteiger partial charge in [0.15, 0.2) is 0 Å². The normalized spacial score (nSPS) is 11.0. The van der Waals surface area contributed by atoms with Gasteiger partial charge in [0.05, 0.1) is 28.4 Å². The van der Waals surface area contributed by atoms with Crippen LogP contribution < -0.4 is 18.9 Å². The van der Waals surface area contributed by atoms with Crippen LogP contribution in [0.25, 0.3) is 0 Å². The van der Waals surface area contributed by atoms with Crippen molar-refractivity contribution < 1.29 is 24.1 Å². The molecule has 0 fully saturated rings. The Kier molecular flexibility index (Phi) is 5.76. The molecule has 5 nitrogen and oxygen atoms in total. The molecule has 5 heteroatoms. The first kappa shape index (κ1) is 19.6. The molecule has 146 valence electrons. The molecule has 3 aromatic rings. The van der Waals surface area contributed by atoms with Crippen molar-refractivity contribution in [2.75, 3.05) is 28.4 Å². The van der Waals surface area contributed by atoms with Crippen molar-refractivity contribution in [3.63, 3.8) is 0 Å². The fourth-order valence-corrected chi connectivity index (χ4v) is 3.33. The Morgan fingerprint density at radius 3 is 1.46 bits per heavy atom. The SMILES string of the molecule is COc1ccc(OC)c(C(O)(c2ccccc2)c2cc(OC)ccc2OC)c1. The van der Waals surface area contributed by atoms with Crippen molar-refractivity contribution in [1.82, 2.24) is 0 Å². The molecule has 0 radical (unpaired) electrons. The molecule has 0 saturated carbocycles. The van der Waals surface area contributed by atoms with Crippen LogP contribution in [0.1, 0.15) is 16.7 Å². The Labute approximate surface area is 165 Å². The minimum Gasteiger partial charge on any atom is -0.497 e. The summed E-state index contributed by atoms with van der Waals surface area (Å²) >= 11 is 0. The predicted octanol–water partition coefficient (Wildman–Crippen LogP) is 4.01. The summed E-state index contributed by atoms with van der Waals surface area (Å²) in [6.45, 7) is 0. The van der Waals surface area contributed by atoms with Gasteiger partial charge >= 0.3 is 0 Å². The second-order valence-corrected chi connectivity index (χ2v) is 6.21. The van der Waals surface area contributed by atoms with E-state index in [0.717, 1.165) is 0 Å². The van der Waals surface area contributed by atoms with Gasteiger partial charge in [0.1, 0.15) is 28.6 Å². The van der Waals surface area contributed by atoms with Crippen LogP contribution in [0, 0.1) is 0 Å². The summed E-state index contributed by atoms with van der Waals surface area (Å²) in [4.78, 5) is 0. The summed E-state index contributed by atoms with van der Waals surface area (Å²) in [5.41, 5.74) is 0.161. The van der Waals surface area contributed by atoms with Gasteiger partial charge in [-0.3, -0.25) is 0 Å². The van der Waals surface area contributed by atoms with E-state index in [1.807, 2.05) is 30.3 Å². The van der Waals surface area contributed by atoms with Crippen LogP contribution in [0.15, 0.2) is 66.7 Å². The fraction of sp³-hybridized carbons (Fsp3) is 0.217. The van der Waals surface area contributed by atoms with Gasteiger partial charge in [0.25, 0.3) is 0 Å². The monoisotopic (exact) mass is 380 g/mol. The molecule has 3 aromatic carbocycles. The highest BCUT2D eigenvalue weighted by molar-refractivity contribution is 5.59. The van der Waals surface area contributed by atoms with Gasteiger partial charge in [-0.1, -0.05) is 30.3 Å². The quantitative estimate of drug-likeness (QED) is 0.628. The van der Waals surface area contributed by atoms with E-state index >= 15 is 0 Å². The van der Waals surface area contributed by atoms with E-state index in [4.69, 9.17) is 18.9 Å². The highest BCUT2D eigenvalue weighted by Crippen LogP contribution is 2.46. The summed E-state index contributed by atoms with van der Waals surface area (Å²) in [5, 5.41) is 12.2. The number of hydrogen-bond acceptors (Lipinski definition) is 5. The topological polar surface area (TPSA) is 57.2 Å². The Morgan fingerprint density at radius 1 is 0.607 bits per heavy atom. The Bertz CT molecular complexity index is 881. The van der Waals surface area contributed by atoms with Crippen LogP contribution in [0.2, 0.25) is 0 Å². The van der Waals surface area contributed by atoms with Crippen molar-refractivity contribution in [1.29, 1.82) is 0 Å². The first-order valence-corrected chi connectivity index (χ1v) is 8.81.